The predicted octanol–water partition coefficient (Wildman–Crippen LogP) is 4.36. The lowest BCUT2D eigenvalue weighted by Crippen LogP contribution is -2.03. The summed E-state index contributed by atoms with van der Waals surface area (Å²) in [4.78, 5) is 11.1. The molecule has 0 amide bonds. The number of benzene rings is 2. The fourth-order valence-electron chi connectivity index (χ4n) is 3.47. The molecule has 0 unspecified atom stereocenters. The minimum Gasteiger partial charge on any atom is -0.383 e. The zero-order chi connectivity index (χ0) is 18.5. The number of fused-ring (bicyclic) bond motifs is 2. The number of nitrogen functional groups attached to an aromatic ring is 1. The highest BCUT2D eigenvalue weighted by Crippen LogP contribution is 2.27. The highest BCUT2D eigenvalue weighted by molar-refractivity contribution is 6.35. The van der Waals surface area contributed by atoms with Crippen LogP contribution >= 0.6 is 11.6 Å². The van der Waals surface area contributed by atoms with E-state index >= 15 is 0 Å². The van der Waals surface area contributed by atoms with E-state index in [1.165, 1.54) is 0 Å². The van der Waals surface area contributed by atoms with Crippen LogP contribution in [-0.2, 0) is 6.42 Å². The molecule has 6 nitrogen and oxygen atoms in total. The standard InChI is InChI=1S/C20H17ClN6/c1-11-24-18-6-5-14(9-19(18)25-11)27-20(22)12(10-23-27)7-13-8-15-16(21)3-2-4-17(15)26-13/h2-6,8-10,26H,7,22H2,1H3,(H,24,25). The van der Waals surface area contributed by atoms with Gasteiger partial charge < -0.3 is 15.7 Å². The van der Waals surface area contributed by atoms with Gasteiger partial charge in [-0.25, -0.2) is 9.67 Å². The fraction of sp³-hybridized carbons (Fsp3) is 0.100. The Morgan fingerprint density at radius 2 is 2.00 bits per heavy atom. The van der Waals surface area contributed by atoms with Gasteiger partial charge in [-0.2, -0.15) is 5.10 Å². The summed E-state index contributed by atoms with van der Waals surface area (Å²) < 4.78 is 1.75. The molecule has 3 aromatic heterocycles. The number of anilines is 1. The molecule has 3 heterocycles. The van der Waals surface area contributed by atoms with Crippen molar-refractivity contribution in [3.05, 3.63) is 70.8 Å². The Bertz CT molecular complexity index is 1290. The van der Waals surface area contributed by atoms with Crippen molar-refractivity contribution in [1.29, 1.82) is 0 Å². The Morgan fingerprint density at radius 3 is 2.85 bits per heavy atom. The molecule has 0 spiro atoms. The molecule has 27 heavy (non-hydrogen) atoms. The minimum atomic E-state index is 0.621. The summed E-state index contributed by atoms with van der Waals surface area (Å²) in [6.45, 7) is 1.94. The monoisotopic (exact) mass is 376 g/mol. The van der Waals surface area contributed by atoms with Crippen LogP contribution in [0.25, 0.3) is 27.6 Å². The van der Waals surface area contributed by atoms with E-state index < -0.39 is 0 Å². The second kappa shape index (κ2) is 5.89. The fourth-order valence-corrected chi connectivity index (χ4v) is 3.70. The molecular weight excluding hydrogens is 360 g/mol. The highest BCUT2D eigenvalue weighted by atomic mass is 35.5. The first-order chi connectivity index (χ1) is 13.1. The molecule has 2 aromatic carbocycles. The summed E-state index contributed by atoms with van der Waals surface area (Å²) in [6, 6.07) is 13.8. The largest absolute Gasteiger partial charge is 0.383 e. The Balaban J connectivity index is 1.50. The molecule has 0 atom stereocenters. The van der Waals surface area contributed by atoms with E-state index in [0.717, 1.165) is 49.7 Å². The molecule has 4 N–H and O–H groups in total. The molecule has 0 radical (unpaired) electrons. The molecule has 0 fully saturated rings. The third-order valence-electron chi connectivity index (χ3n) is 4.76. The first-order valence-corrected chi connectivity index (χ1v) is 9.01. The van der Waals surface area contributed by atoms with Crippen molar-refractivity contribution in [2.75, 3.05) is 5.73 Å². The van der Waals surface area contributed by atoms with E-state index in [1.54, 1.807) is 4.68 Å². The number of aryl methyl sites for hydroxylation is 1. The summed E-state index contributed by atoms with van der Waals surface area (Å²) in [5, 5.41) is 6.24. The van der Waals surface area contributed by atoms with Crippen LogP contribution in [0, 0.1) is 6.92 Å². The van der Waals surface area contributed by atoms with Crippen molar-refractivity contribution in [3.8, 4) is 5.69 Å². The van der Waals surface area contributed by atoms with Gasteiger partial charge in [-0.15, -0.1) is 0 Å². The first-order valence-electron chi connectivity index (χ1n) is 8.64. The Hall–Kier alpha value is -3.25. The summed E-state index contributed by atoms with van der Waals surface area (Å²) in [5.41, 5.74) is 12.2. The van der Waals surface area contributed by atoms with Crippen molar-refractivity contribution in [2.45, 2.75) is 13.3 Å². The normalized spacial score (nSPS) is 11.6. The molecular formula is C20H17ClN6. The molecule has 0 aliphatic rings. The lowest BCUT2D eigenvalue weighted by molar-refractivity contribution is 0.892. The molecule has 5 aromatic rings. The van der Waals surface area contributed by atoms with E-state index in [4.69, 9.17) is 17.3 Å². The second-order valence-corrected chi connectivity index (χ2v) is 7.07. The van der Waals surface area contributed by atoms with Gasteiger partial charge in [-0.05, 0) is 43.3 Å². The molecule has 7 heteroatoms. The number of imidazole rings is 1. The van der Waals surface area contributed by atoms with Gasteiger partial charge in [0.2, 0.25) is 0 Å². The number of nitrogens with one attached hydrogen (secondary N) is 2. The number of hydrogen-bond acceptors (Lipinski definition) is 3. The topological polar surface area (TPSA) is 88.3 Å². The van der Waals surface area contributed by atoms with Gasteiger partial charge in [-0.3, -0.25) is 0 Å². The number of nitrogens with two attached hydrogens (primary N) is 1. The number of nitrogens with zero attached hydrogens (tertiary/aromatic N) is 3. The van der Waals surface area contributed by atoms with Gasteiger partial charge in [0.15, 0.2) is 0 Å². The predicted molar refractivity (Wildman–Crippen MR) is 108 cm³/mol. The maximum absolute atomic E-state index is 6.39. The Labute approximate surface area is 160 Å². The quantitative estimate of drug-likeness (QED) is 0.437. The van der Waals surface area contributed by atoms with E-state index in [9.17, 15) is 0 Å². The van der Waals surface area contributed by atoms with E-state index in [-0.39, 0.29) is 0 Å². The summed E-state index contributed by atoms with van der Waals surface area (Å²) in [7, 11) is 0. The van der Waals surface area contributed by atoms with Gasteiger partial charge in [0, 0.05) is 33.6 Å². The molecule has 134 valence electrons. The van der Waals surface area contributed by atoms with Gasteiger partial charge in [0.1, 0.15) is 11.6 Å². The van der Waals surface area contributed by atoms with Gasteiger partial charge in [0.05, 0.1) is 22.9 Å². The van der Waals surface area contributed by atoms with Crippen LogP contribution in [0.15, 0.2) is 48.7 Å². The van der Waals surface area contributed by atoms with Crippen molar-refractivity contribution in [1.82, 2.24) is 24.7 Å². The number of rotatable bonds is 3. The maximum Gasteiger partial charge on any atom is 0.130 e. The van der Waals surface area contributed by atoms with Crippen LogP contribution in [0.3, 0.4) is 0 Å². The lowest BCUT2D eigenvalue weighted by Gasteiger charge is -2.05. The molecule has 0 bridgehead atoms. The third-order valence-corrected chi connectivity index (χ3v) is 5.09. The smallest absolute Gasteiger partial charge is 0.130 e. The second-order valence-electron chi connectivity index (χ2n) is 6.66. The molecule has 0 aliphatic heterocycles. The van der Waals surface area contributed by atoms with Crippen LogP contribution in [0.1, 0.15) is 17.1 Å². The zero-order valence-electron chi connectivity index (χ0n) is 14.6. The lowest BCUT2D eigenvalue weighted by atomic mass is 10.1. The van der Waals surface area contributed by atoms with Crippen LogP contribution in [0.4, 0.5) is 5.82 Å². The average Bonchev–Trinajstić information content (AvgIpc) is 3.32. The molecule has 5 rings (SSSR count). The molecule has 0 aliphatic carbocycles. The minimum absolute atomic E-state index is 0.621. The number of halogens is 1. The van der Waals surface area contributed by atoms with Crippen molar-refractivity contribution in [2.24, 2.45) is 0 Å². The SMILES string of the molecule is Cc1nc2ccc(-n3ncc(Cc4cc5c(Cl)cccc5[nH]4)c3N)cc2[nH]1. The number of aromatic nitrogens is 5. The van der Waals surface area contributed by atoms with Crippen LogP contribution < -0.4 is 5.73 Å². The van der Waals surface area contributed by atoms with Crippen LogP contribution in [-0.4, -0.2) is 24.7 Å². The van der Waals surface area contributed by atoms with Gasteiger partial charge in [0.25, 0.3) is 0 Å². The van der Waals surface area contributed by atoms with Crippen molar-refractivity contribution >= 4 is 39.4 Å². The Morgan fingerprint density at radius 1 is 1.11 bits per heavy atom. The number of aromatic amines is 2. The maximum atomic E-state index is 6.39. The summed E-state index contributed by atoms with van der Waals surface area (Å²) in [6.07, 6.45) is 2.47. The van der Waals surface area contributed by atoms with Gasteiger partial charge >= 0.3 is 0 Å². The van der Waals surface area contributed by atoms with Crippen molar-refractivity contribution < 1.29 is 0 Å². The Kier molecular flexibility index (Phi) is 3.48. The van der Waals surface area contributed by atoms with E-state index in [1.807, 2.05) is 49.5 Å². The van der Waals surface area contributed by atoms with Crippen LogP contribution in [0.2, 0.25) is 5.02 Å². The number of H-pyrrole nitrogens is 2. The summed E-state index contributed by atoms with van der Waals surface area (Å²) >= 11 is 6.27. The van der Waals surface area contributed by atoms with E-state index in [2.05, 4.69) is 26.1 Å². The average molecular weight is 377 g/mol. The molecule has 0 saturated heterocycles. The van der Waals surface area contributed by atoms with Crippen LogP contribution in [0.5, 0.6) is 0 Å². The van der Waals surface area contributed by atoms with Gasteiger partial charge in [-0.1, -0.05) is 17.7 Å². The zero-order valence-corrected chi connectivity index (χ0v) is 15.4. The van der Waals surface area contributed by atoms with E-state index in [0.29, 0.717) is 12.2 Å². The van der Waals surface area contributed by atoms with Crippen molar-refractivity contribution in [3.63, 3.8) is 0 Å². The number of hydrogen-bond donors (Lipinski definition) is 3. The first kappa shape index (κ1) is 16.0. The summed E-state index contributed by atoms with van der Waals surface area (Å²) in [5.74, 6) is 1.50. The molecule has 0 saturated carbocycles. The highest BCUT2D eigenvalue weighted by Gasteiger charge is 2.13. The third kappa shape index (κ3) is 2.65.